The minimum atomic E-state index is -0.197. The number of aromatic nitrogens is 4. The van der Waals surface area contributed by atoms with E-state index in [1.165, 1.54) is 0 Å². The van der Waals surface area contributed by atoms with Crippen LogP contribution in [0.2, 0.25) is 0 Å². The molecule has 3 rings (SSSR count). The number of nitrogens with one attached hydrogen (secondary N) is 2. The summed E-state index contributed by atoms with van der Waals surface area (Å²) < 4.78 is 7.86. The molecule has 1 fully saturated rings. The van der Waals surface area contributed by atoms with Gasteiger partial charge in [0.25, 0.3) is 5.91 Å². The molecule has 8 nitrogen and oxygen atoms in total. The lowest BCUT2D eigenvalue weighted by Crippen LogP contribution is -2.31. The predicted octanol–water partition coefficient (Wildman–Crippen LogP) is 1.68. The molecule has 1 aliphatic heterocycles. The molecule has 2 aromatic rings. The molecule has 8 heteroatoms. The van der Waals surface area contributed by atoms with Crippen LogP contribution in [0.3, 0.4) is 0 Å². The molecule has 0 radical (unpaired) electrons. The van der Waals surface area contributed by atoms with Crippen LogP contribution >= 0.6 is 0 Å². The standard InChI is InChI=1S/C18H26N6O2/c1-10-8-14(22-18(19-4)21-10)17(25)20-9-13-6-7-26-16(13)15-11(2)23-24(5)12(15)3/h8,13,16H,6-7,9H2,1-5H3,(H,20,25)(H,19,21,22)/t13-,16+/m1/s1. The van der Waals surface area contributed by atoms with E-state index in [0.717, 1.165) is 29.1 Å². The zero-order valence-corrected chi connectivity index (χ0v) is 16.0. The van der Waals surface area contributed by atoms with Crippen molar-refractivity contribution in [3.8, 4) is 0 Å². The van der Waals surface area contributed by atoms with E-state index in [0.29, 0.717) is 24.8 Å². The first-order valence-electron chi connectivity index (χ1n) is 8.84. The number of amides is 1. The van der Waals surface area contributed by atoms with Gasteiger partial charge in [0.1, 0.15) is 5.69 Å². The van der Waals surface area contributed by atoms with Crippen molar-refractivity contribution in [2.24, 2.45) is 13.0 Å². The van der Waals surface area contributed by atoms with Gasteiger partial charge in [-0.2, -0.15) is 5.10 Å². The van der Waals surface area contributed by atoms with Crippen LogP contribution in [-0.2, 0) is 11.8 Å². The largest absolute Gasteiger partial charge is 0.373 e. The van der Waals surface area contributed by atoms with E-state index in [4.69, 9.17) is 4.74 Å². The number of hydrogen-bond donors (Lipinski definition) is 2. The first-order chi connectivity index (χ1) is 12.4. The molecule has 2 aromatic heterocycles. The van der Waals surface area contributed by atoms with Crippen LogP contribution in [0, 0.1) is 26.7 Å². The third-order valence-corrected chi connectivity index (χ3v) is 4.90. The van der Waals surface area contributed by atoms with Crippen molar-refractivity contribution in [3.05, 3.63) is 34.4 Å². The molecular formula is C18H26N6O2. The number of aryl methyl sites for hydroxylation is 3. The number of ether oxygens (including phenoxy) is 1. The maximum atomic E-state index is 12.5. The van der Waals surface area contributed by atoms with E-state index in [9.17, 15) is 4.79 Å². The van der Waals surface area contributed by atoms with Crippen molar-refractivity contribution >= 4 is 11.9 Å². The Morgan fingerprint density at radius 2 is 2.12 bits per heavy atom. The highest BCUT2D eigenvalue weighted by molar-refractivity contribution is 5.92. The van der Waals surface area contributed by atoms with Crippen molar-refractivity contribution in [1.82, 2.24) is 25.1 Å². The van der Waals surface area contributed by atoms with E-state index in [1.807, 2.05) is 25.6 Å². The monoisotopic (exact) mass is 358 g/mol. The zero-order valence-electron chi connectivity index (χ0n) is 16.0. The van der Waals surface area contributed by atoms with Crippen LogP contribution in [0.1, 0.15) is 45.7 Å². The summed E-state index contributed by atoms with van der Waals surface area (Å²) >= 11 is 0. The number of nitrogens with zero attached hydrogens (tertiary/aromatic N) is 4. The first-order valence-corrected chi connectivity index (χ1v) is 8.84. The maximum Gasteiger partial charge on any atom is 0.270 e. The van der Waals surface area contributed by atoms with E-state index in [1.54, 1.807) is 13.1 Å². The van der Waals surface area contributed by atoms with E-state index >= 15 is 0 Å². The van der Waals surface area contributed by atoms with Gasteiger partial charge in [-0.15, -0.1) is 0 Å². The van der Waals surface area contributed by atoms with Crippen LogP contribution in [-0.4, -0.2) is 45.9 Å². The summed E-state index contributed by atoms with van der Waals surface area (Å²) in [6.07, 6.45) is 0.868. The average molecular weight is 358 g/mol. The predicted molar refractivity (Wildman–Crippen MR) is 98.1 cm³/mol. The molecule has 3 heterocycles. The van der Waals surface area contributed by atoms with Gasteiger partial charge in [0.15, 0.2) is 0 Å². The SMILES string of the molecule is CNc1nc(C)cc(C(=O)NC[C@H]2CCO[C@@H]2c2c(C)nn(C)c2C)n1. The smallest absolute Gasteiger partial charge is 0.270 e. The second-order valence-corrected chi connectivity index (χ2v) is 6.73. The van der Waals surface area contributed by atoms with Crippen LogP contribution < -0.4 is 10.6 Å². The Morgan fingerprint density at radius 3 is 2.77 bits per heavy atom. The molecule has 2 atom stereocenters. The summed E-state index contributed by atoms with van der Waals surface area (Å²) in [5, 5.41) is 10.4. The minimum Gasteiger partial charge on any atom is -0.373 e. The molecule has 2 N–H and O–H groups in total. The summed E-state index contributed by atoms with van der Waals surface area (Å²) in [5.74, 6) is 0.461. The van der Waals surface area contributed by atoms with Gasteiger partial charge in [-0.1, -0.05) is 0 Å². The third kappa shape index (κ3) is 3.55. The Balaban J connectivity index is 1.70. The van der Waals surface area contributed by atoms with Gasteiger partial charge in [-0.3, -0.25) is 9.48 Å². The van der Waals surface area contributed by atoms with Gasteiger partial charge in [0.05, 0.1) is 11.8 Å². The summed E-state index contributed by atoms with van der Waals surface area (Å²) in [7, 11) is 3.67. The molecule has 26 heavy (non-hydrogen) atoms. The van der Waals surface area contributed by atoms with Crippen molar-refractivity contribution in [2.45, 2.75) is 33.3 Å². The van der Waals surface area contributed by atoms with Crippen LogP contribution in [0.4, 0.5) is 5.95 Å². The highest BCUT2D eigenvalue weighted by Gasteiger charge is 2.33. The number of carbonyl (C=O) groups excluding carboxylic acids is 1. The fourth-order valence-corrected chi connectivity index (χ4v) is 3.47. The van der Waals surface area contributed by atoms with Gasteiger partial charge in [-0.05, 0) is 33.3 Å². The van der Waals surface area contributed by atoms with Gasteiger partial charge in [0, 0.05) is 50.1 Å². The topological polar surface area (TPSA) is 94.0 Å². The summed E-state index contributed by atoms with van der Waals surface area (Å²) in [6.45, 7) is 7.12. The number of rotatable bonds is 5. The number of anilines is 1. The molecule has 0 spiro atoms. The Morgan fingerprint density at radius 1 is 1.35 bits per heavy atom. The molecule has 0 bridgehead atoms. The van der Waals surface area contributed by atoms with Crippen molar-refractivity contribution < 1.29 is 9.53 Å². The maximum absolute atomic E-state index is 12.5. The molecule has 1 saturated heterocycles. The minimum absolute atomic E-state index is 0.0380. The Bertz CT molecular complexity index is 816. The van der Waals surface area contributed by atoms with Gasteiger partial charge < -0.3 is 15.4 Å². The fraction of sp³-hybridized carbons (Fsp3) is 0.556. The molecule has 140 valence electrons. The summed E-state index contributed by atoms with van der Waals surface area (Å²) in [4.78, 5) is 21.0. The highest BCUT2D eigenvalue weighted by atomic mass is 16.5. The summed E-state index contributed by atoms with van der Waals surface area (Å²) in [5.41, 5.74) is 4.35. The lowest BCUT2D eigenvalue weighted by molar-refractivity contribution is 0.0837. The Labute approximate surface area is 153 Å². The quantitative estimate of drug-likeness (QED) is 0.845. The first kappa shape index (κ1) is 18.3. The molecule has 0 unspecified atom stereocenters. The third-order valence-electron chi connectivity index (χ3n) is 4.90. The lowest BCUT2D eigenvalue weighted by Gasteiger charge is -2.20. The number of carbonyl (C=O) groups is 1. The van der Waals surface area contributed by atoms with E-state index in [-0.39, 0.29) is 17.9 Å². The fourth-order valence-electron chi connectivity index (χ4n) is 3.47. The average Bonchev–Trinajstić information content (AvgIpc) is 3.16. The van der Waals surface area contributed by atoms with Gasteiger partial charge in [0.2, 0.25) is 5.95 Å². The van der Waals surface area contributed by atoms with Crippen molar-refractivity contribution in [3.63, 3.8) is 0 Å². The second-order valence-electron chi connectivity index (χ2n) is 6.73. The molecule has 0 saturated carbocycles. The normalized spacial score (nSPS) is 19.6. The van der Waals surface area contributed by atoms with Gasteiger partial charge >= 0.3 is 0 Å². The molecule has 0 aliphatic carbocycles. The summed E-state index contributed by atoms with van der Waals surface area (Å²) in [6, 6.07) is 1.69. The Kier molecular flexibility index (Phi) is 5.22. The Hall–Kier alpha value is -2.48. The van der Waals surface area contributed by atoms with Crippen LogP contribution in [0.5, 0.6) is 0 Å². The van der Waals surface area contributed by atoms with Crippen LogP contribution in [0.15, 0.2) is 6.07 Å². The van der Waals surface area contributed by atoms with E-state index < -0.39 is 0 Å². The van der Waals surface area contributed by atoms with Gasteiger partial charge in [-0.25, -0.2) is 9.97 Å². The van der Waals surface area contributed by atoms with Crippen molar-refractivity contribution in [2.75, 3.05) is 25.5 Å². The molecule has 0 aromatic carbocycles. The molecular weight excluding hydrogens is 332 g/mol. The van der Waals surface area contributed by atoms with Crippen LogP contribution in [0.25, 0.3) is 0 Å². The zero-order chi connectivity index (χ0) is 18.8. The highest BCUT2D eigenvalue weighted by Crippen LogP contribution is 2.37. The van der Waals surface area contributed by atoms with E-state index in [2.05, 4.69) is 32.6 Å². The molecule has 1 amide bonds. The molecule has 1 aliphatic rings. The number of hydrogen-bond acceptors (Lipinski definition) is 6. The lowest BCUT2D eigenvalue weighted by atomic mass is 9.94. The second kappa shape index (κ2) is 7.41. The van der Waals surface area contributed by atoms with Crippen molar-refractivity contribution in [1.29, 1.82) is 0 Å².